The first-order valence-corrected chi connectivity index (χ1v) is 7.68. The molecule has 4 nitrogen and oxygen atoms in total. The van der Waals surface area contributed by atoms with Crippen LogP contribution in [-0.4, -0.2) is 38.6 Å². The average molecular weight is 272 g/mol. The number of likely N-dealkylation sites (tertiary alicyclic amines) is 1. The molecule has 0 unspecified atom stereocenters. The third kappa shape index (κ3) is 2.85. The molecule has 1 aliphatic rings. The van der Waals surface area contributed by atoms with Crippen molar-refractivity contribution in [2.75, 3.05) is 13.1 Å². The van der Waals surface area contributed by atoms with Gasteiger partial charge in [0.2, 0.25) is 0 Å². The molecule has 2 aromatic rings. The van der Waals surface area contributed by atoms with Crippen molar-refractivity contribution < 1.29 is 0 Å². The van der Waals surface area contributed by atoms with Crippen LogP contribution in [0.3, 0.4) is 0 Å². The van der Waals surface area contributed by atoms with Crippen LogP contribution < -0.4 is 0 Å². The third-order valence-corrected chi connectivity index (χ3v) is 4.37. The molecule has 1 saturated heterocycles. The molecule has 2 aromatic heterocycles. The number of fused-ring (bicyclic) bond motifs is 1. The van der Waals surface area contributed by atoms with Crippen LogP contribution in [0.1, 0.15) is 38.1 Å². The number of hydrogen-bond donors (Lipinski definition) is 0. The summed E-state index contributed by atoms with van der Waals surface area (Å²) in [5, 5.41) is 4.61. The molecule has 1 aliphatic heterocycles. The lowest BCUT2D eigenvalue weighted by molar-refractivity contribution is 0.148. The Morgan fingerprint density at radius 1 is 1.25 bits per heavy atom. The van der Waals surface area contributed by atoms with Crippen LogP contribution in [0.2, 0.25) is 0 Å². The van der Waals surface area contributed by atoms with Gasteiger partial charge in [-0.05, 0) is 64.3 Å². The molecular formula is C16H24N4. The van der Waals surface area contributed by atoms with E-state index >= 15 is 0 Å². The molecule has 1 fully saturated rings. The minimum atomic E-state index is 0.673. The Kier molecular flexibility index (Phi) is 3.74. The van der Waals surface area contributed by atoms with Gasteiger partial charge in [-0.2, -0.15) is 5.10 Å². The van der Waals surface area contributed by atoms with Crippen molar-refractivity contribution in [3.05, 3.63) is 29.7 Å². The smallest absolute Gasteiger partial charge is 0.155 e. The quantitative estimate of drug-likeness (QED) is 0.861. The van der Waals surface area contributed by atoms with Gasteiger partial charge in [0.05, 0.1) is 0 Å². The maximum atomic E-state index is 4.64. The first-order valence-electron chi connectivity index (χ1n) is 7.68. The molecule has 0 radical (unpaired) electrons. The van der Waals surface area contributed by atoms with Crippen LogP contribution in [0.4, 0.5) is 0 Å². The standard InChI is InChI=1S/C16H24N4/c1-12(2)19-8-6-14(7-9-19)10-15-17-16-5-4-13(3)11-20(16)18-15/h4-5,11-12,14H,6-10H2,1-3H3. The fraction of sp³-hybridized carbons (Fsp3) is 0.625. The lowest BCUT2D eigenvalue weighted by Crippen LogP contribution is -2.38. The second kappa shape index (κ2) is 5.52. The molecule has 108 valence electrons. The summed E-state index contributed by atoms with van der Waals surface area (Å²) in [4.78, 5) is 7.21. The molecule has 4 heteroatoms. The first kappa shape index (κ1) is 13.6. The van der Waals surface area contributed by atoms with Crippen LogP contribution in [0, 0.1) is 12.8 Å². The Balaban J connectivity index is 1.65. The van der Waals surface area contributed by atoms with Gasteiger partial charge in [-0.3, -0.25) is 0 Å². The Labute approximate surface area is 120 Å². The summed E-state index contributed by atoms with van der Waals surface area (Å²) in [6.07, 6.45) is 5.61. The van der Waals surface area contributed by atoms with Gasteiger partial charge in [0.15, 0.2) is 11.5 Å². The molecule has 0 N–H and O–H groups in total. The summed E-state index contributed by atoms with van der Waals surface area (Å²) < 4.78 is 1.91. The Morgan fingerprint density at radius 2 is 2.00 bits per heavy atom. The Morgan fingerprint density at radius 3 is 2.70 bits per heavy atom. The van der Waals surface area contributed by atoms with Crippen molar-refractivity contribution in [2.24, 2.45) is 5.92 Å². The predicted octanol–water partition coefficient (Wildman–Crippen LogP) is 2.70. The van der Waals surface area contributed by atoms with Gasteiger partial charge < -0.3 is 4.90 Å². The molecule has 0 aliphatic carbocycles. The van der Waals surface area contributed by atoms with Crippen LogP contribution in [0.25, 0.3) is 5.65 Å². The molecular weight excluding hydrogens is 248 g/mol. The summed E-state index contributed by atoms with van der Waals surface area (Å²) in [6, 6.07) is 4.81. The molecule has 3 heterocycles. The van der Waals surface area contributed by atoms with Gasteiger partial charge >= 0.3 is 0 Å². The number of piperidine rings is 1. The number of rotatable bonds is 3. The van der Waals surface area contributed by atoms with Gasteiger partial charge in [0.25, 0.3) is 0 Å². The van der Waals surface area contributed by atoms with Gasteiger partial charge in [-0.25, -0.2) is 9.50 Å². The highest BCUT2D eigenvalue weighted by Crippen LogP contribution is 2.22. The highest BCUT2D eigenvalue weighted by molar-refractivity contribution is 5.38. The lowest BCUT2D eigenvalue weighted by Gasteiger charge is -2.34. The fourth-order valence-electron chi connectivity index (χ4n) is 3.05. The Hall–Kier alpha value is -1.42. The second-order valence-electron chi connectivity index (χ2n) is 6.31. The third-order valence-electron chi connectivity index (χ3n) is 4.37. The molecule has 0 saturated carbocycles. The van der Waals surface area contributed by atoms with E-state index in [4.69, 9.17) is 0 Å². The van der Waals surface area contributed by atoms with E-state index in [1.165, 1.54) is 31.5 Å². The maximum absolute atomic E-state index is 4.64. The van der Waals surface area contributed by atoms with Crippen molar-refractivity contribution in [2.45, 2.75) is 46.1 Å². The predicted molar refractivity (Wildman–Crippen MR) is 80.9 cm³/mol. The Bertz CT molecular complexity index is 579. The summed E-state index contributed by atoms with van der Waals surface area (Å²) in [6.45, 7) is 9.09. The fourth-order valence-corrected chi connectivity index (χ4v) is 3.05. The summed E-state index contributed by atoms with van der Waals surface area (Å²) >= 11 is 0. The van der Waals surface area contributed by atoms with E-state index in [2.05, 4.69) is 41.8 Å². The molecule has 0 bridgehead atoms. The van der Waals surface area contributed by atoms with Gasteiger partial charge in [0, 0.05) is 18.7 Å². The van der Waals surface area contributed by atoms with Crippen molar-refractivity contribution in [1.29, 1.82) is 0 Å². The SMILES string of the molecule is Cc1ccc2nc(CC3CCN(C(C)C)CC3)nn2c1. The second-order valence-corrected chi connectivity index (χ2v) is 6.31. The molecule has 0 amide bonds. The summed E-state index contributed by atoms with van der Waals surface area (Å²) in [7, 11) is 0. The number of nitrogens with zero attached hydrogens (tertiary/aromatic N) is 4. The first-order chi connectivity index (χ1) is 9.61. The van der Waals surface area contributed by atoms with E-state index in [0.29, 0.717) is 6.04 Å². The zero-order valence-corrected chi connectivity index (χ0v) is 12.7. The van der Waals surface area contributed by atoms with Crippen LogP contribution in [0.15, 0.2) is 18.3 Å². The summed E-state index contributed by atoms with van der Waals surface area (Å²) in [5.74, 6) is 1.74. The van der Waals surface area contributed by atoms with E-state index < -0.39 is 0 Å². The zero-order valence-electron chi connectivity index (χ0n) is 12.7. The van der Waals surface area contributed by atoms with Crippen LogP contribution >= 0.6 is 0 Å². The number of aryl methyl sites for hydroxylation is 1. The molecule has 20 heavy (non-hydrogen) atoms. The van der Waals surface area contributed by atoms with Gasteiger partial charge in [-0.15, -0.1) is 0 Å². The number of pyridine rings is 1. The maximum Gasteiger partial charge on any atom is 0.155 e. The molecule has 0 atom stereocenters. The topological polar surface area (TPSA) is 33.4 Å². The number of hydrogen-bond acceptors (Lipinski definition) is 3. The molecule has 0 spiro atoms. The molecule has 3 rings (SSSR count). The monoisotopic (exact) mass is 272 g/mol. The number of aromatic nitrogens is 3. The highest BCUT2D eigenvalue weighted by Gasteiger charge is 2.22. The van der Waals surface area contributed by atoms with Crippen molar-refractivity contribution in [3.8, 4) is 0 Å². The van der Waals surface area contributed by atoms with E-state index in [-0.39, 0.29) is 0 Å². The normalized spacial score (nSPS) is 18.2. The van der Waals surface area contributed by atoms with E-state index in [1.54, 1.807) is 0 Å². The lowest BCUT2D eigenvalue weighted by atomic mass is 9.93. The van der Waals surface area contributed by atoms with Crippen molar-refractivity contribution in [3.63, 3.8) is 0 Å². The van der Waals surface area contributed by atoms with Crippen molar-refractivity contribution in [1.82, 2.24) is 19.5 Å². The molecule has 0 aromatic carbocycles. The van der Waals surface area contributed by atoms with Crippen LogP contribution in [0.5, 0.6) is 0 Å². The van der Waals surface area contributed by atoms with Gasteiger partial charge in [-0.1, -0.05) is 6.07 Å². The average Bonchev–Trinajstić information content (AvgIpc) is 2.80. The highest BCUT2D eigenvalue weighted by atomic mass is 15.3. The largest absolute Gasteiger partial charge is 0.301 e. The van der Waals surface area contributed by atoms with E-state index in [9.17, 15) is 0 Å². The minimum Gasteiger partial charge on any atom is -0.301 e. The van der Waals surface area contributed by atoms with Crippen LogP contribution in [-0.2, 0) is 6.42 Å². The van der Waals surface area contributed by atoms with E-state index in [1.807, 2.05) is 16.8 Å². The summed E-state index contributed by atoms with van der Waals surface area (Å²) in [5.41, 5.74) is 2.18. The van der Waals surface area contributed by atoms with E-state index in [0.717, 1.165) is 23.8 Å². The van der Waals surface area contributed by atoms with Gasteiger partial charge in [0.1, 0.15) is 0 Å². The minimum absolute atomic E-state index is 0.673. The zero-order chi connectivity index (χ0) is 14.1. The van der Waals surface area contributed by atoms with Crippen molar-refractivity contribution >= 4 is 5.65 Å².